The highest BCUT2D eigenvalue weighted by atomic mass is 16.5. The fourth-order valence-electron chi connectivity index (χ4n) is 2.17. The third kappa shape index (κ3) is 2.04. The van der Waals surface area contributed by atoms with Gasteiger partial charge in [0, 0.05) is 6.54 Å². The molecule has 0 saturated carbocycles. The predicted molar refractivity (Wildman–Crippen MR) is 68.5 cm³/mol. The van der Waals surface area contributed by atoms with Crippen LogP contribution in [0.15, 0.2) is 0 Å². The molecule has 0 atom stereocenters. The van der Waals surface area contributed by atoms with E-state index in [9.17, 15) is 5.26 Å². The number of nitrogens with zero attached hydrogens (tertiary/aromatic N) is 4. The minimum absolute atomic E-state index is 0.166. The molecule has 0 spiro atoms. The molecule has 0 N–H and O–H groups in total. The molecular formula is C13H18N4O. The number of rotatable bonds is 1. The molecule has 5 heteroatoms. The summed E-state index contributed by atoms with van der Waals surface area (Å²) < 4.78 is 5.49. The average molecular weight is 246 g/mol. The van der Waals surface area contributed by atoms with Crippen LogP contribution in [0.2, 0.25) is 0 Å². The fraction of sp³-hybridized carbons (Fsp3) is 0.615. The first-order valence-corrected chi connectivity index (χ1v) is 6.07. The topological polar surface area (TPSA) is 62.0 Å². The first-order valence-electron chi connectivity index (χ1n) is 6.07. The molecule has 0 bridgehead atoms. The van der Waals surface area contributed by atoms with Gasteiger partial charge in [0.1, 0.15) is 11.6 Å². The number of nitriles is 1. The van der Waals surface area contributed by atoms with E-state index < -0.39 is 0 Å². The smallest absolute Gasteiger partial charge is 0.170 e. The SMILES string of the molecule is Cc1nnc(N2CCOCC2(C)C)c(C#N)c1C. The van der Waals surface area contributed by atoms with Gasteiger partial charge in [0.2, 0.25) is 0 Å². The summed E-state index contributed by atoms with van der Waals surface area (Å²) in [5.41, 5.74) is 2.17. The summed E-state index contributed by atoms with van der Waals surface area (Å²) in [6.45, 7) is 9.99. The van der Waals surface area contributed by atoms with Crippen molar-refractivity contribution in [2.75, 3.05) is 24.7 Å². The van der Waals surface area contributed by atoms with Crippen molar-refractivity contribution in [3.8, 4) is 6.07 Å². The molecule has 96 valence electrons. The van der Waals surface area contributed by atoms with Crippen molar-refractivity contribution >= 4 is 5.82 Å². The molecule has 0 amide bonds. The maximum atomic E-state index is 9.35. The Labute approximate surface area is 107 Å². The number of ether oxygens (including phenoxy) is 1. The van der Waals surface area contributed by atoms with Gasteiger partial charge < -0.3 is 9.64 Å². The number of hydrogen-bond acceptors (Lipinski definition) is 5. The van der Waals surface area contributed by atoms with Crippen LogP contribution in [0.1, 0.15) is 30.7 Å². The summed E-state index contributed by atoms with van der Waals surface area (Å²) in [6, 6.07) is 2.25. The van der Waals surface area contributed by atoms with E-state index in [1.165, 1.54) is 0 Å². The number of anilines is 1. The van der Waals surface area contributed by atoms with Crippen LogP contribution in [0, 0.1) is 25.2 Å². The van der Waals surface area contributed by atoms with Gasteiger partial charge in [-0.15, -0.1) is 5.10 Å². The third-order valence-corrected chi connectivity index (χ3v) is 3.45. The molecule has 1 fully saturated rings. The highest BCUT2D eigenvalue weighted by Crippen LogP contribution is 2.29. The van der Waals surface area contributed by atoms with Crippen LogP contribution in [0.3, 0.4) is 0 Å². The zero-order valence-electron chi connectivity index (χ0n) is 11.3. The van der Waals surface area contributed by atoms with Gasteiger partial charge in [-0.1, -0.05) is 0 Å². The number of aromatic nitrogens is 2. The van der Waals surface area contributed by atoms with Crippen LogP contribution < -0.4 is 4.90 Å². The molecule has 2 heterocycles. The second kappa shape index (κ2) is 4.54. The molecule has 0 aromatic carbocycles. The lowest BCUT2D eigenvalue weighted by Crippen LogP contribution is -2.54. The lowest BCUT2D eigenvalue weighted by molar-refractivity contribution is 0.0637. The standard InChI is InChI=1S/C13H18N4O/c1-9-10(2)15-16-12(11(9)7-14)17-5-6-18-8-13(17,3)4/h5-6,8H2,1-4H3. The Morgan fingerprint density at radius 3 is 2.67 bits per heavy atom. The predicted octanol–water partition coefficient (Wildman–Crippen LogP) is 1.58. The monoisotopic (exact) mass is 246 g/mol. The maximum Gasteiger partial charge on any atom is 0.170 e. The summed E-state index contributed by atoms with van der Waals surface area (Å²) in [7, 11) is 0. The number of aryl methyl sites for hydroxylation is 1. The van der Waals surface area contributed by atoms with E-state index in [1.54, 1.807) is 0 Å². The second-order valence-corrected chi connectivity index (χ2v) is 5.24. The quantitative estimate of drug-likeness (QED) is 0.753. The van der Waals surface area contributed by atoms with Crippen molar-refractivity contribution in [3.63, 3.8) is 0 Å². The summed E-state index contributed by atoms with van der Waals surface area (Å²) in [6.07, 6.45) is 0. The van der Waals surface area contributed by atoms with Gasteiger partial charge in [-0.05, 0) is 33.3 Å². The van der Waals surface area contributed by atoms with Crippen LogP contribution in [0.25, 0.3) is 0 Å². The first kappa shape index (κ1) is 12.8. The molecule has 5 nitrogen and oxygen atoms in total. The Morgan fingerprint density at radius 2 is 2.06 bits per heavy atom. The van der Waals surface area contributed by atoms with Gasteiger partial charge >= 0.3 is 0 Å². The van der Waals surface area contributed by atoms with Gasteiger partial charge in [-0.2, -0.15) is 10.4 Å². The Balaban J connectivity index is 2.51. The largest absolute Gasteiger partial charge is 0.377 e. The van der Waals surface area contributed by atoms with Gasteiger partial charge in [-0.3, -0.25) is 0 Å². The van der Waals surface area contributed by atoms with Gasteiger partial charge in [-0.25, -0.2) is 0 Å². The molecule has 1 saturated heterocycles. The molecular weight excluding hydrogens is 228 g/mol. The van der Waals surface area contributed by atoms with Gasteiger partial charge in [0.15, 0.2) is 5.82 Å². The summed E-state index contributed by atoms with van der Waals surface area (Å²) >= 11 is 0. The Bertz CT molecular complexity index is 504. The molecule has 1 aromatic heterocycles. The van der Waals surface area contributed by atoms with Crippen molar-refractivity contribution in [1.82, 2.24) is 10.2 Å². The molecule has 1 aliphatic heterocycles. The molecule has 1 aliphatic rings. The van der Waals surface area contributed by atoms with Crippen molar-refractivity contribution in [2.45, 2.75) is 33.2 Å². The first-order chi connectivity index (χ1) is 8.47. The minimum Gasteiger partial charge on any atom is -0.377 e. The lowest BCUT2D eigenvalue weighted by Gasteiger charge is -2.43. The van der Waals surface area contributed by atoms with Crippen LogP contribution in [-0.4, -0.2) is 35.5 Å². The summed E-state index contributed by atoms with van der Waals surface area (Å²) in [5.74, 6) is 0.675. The third-order valence-electron chi connectivity index (χ3n) is 3.45. The number of morpholine rings is 1. The van der Waals surface area contributed by atoms with Gasteiger partial charge in [0.05, 0.1) is 24.4 Å². The highest BCUT2D eigenvalue weighted by Gasteiger charge is 2.33. The van der Waals surface area contributed by atoms with E-state index in [4.69, 9.17) is 4.74 Å². The van der Waals surface area contributed by atoms with Crippen LogP contribution in [0.5, 0.6) is 0 Å². The second-order valence-electron chi connectivity index (χ2n) is 5.24. The van der Waals surface area contributed by atoms with E-state index in [-0.39, 0.29) is 5.54 Å². The molecule has 18 heavy (non-hydrogen) atoms. The van der Waals surface area contributed by atoms with Crippen LogP contribution >= 0.6 is 0 Å². The van der Waals surface area contributed by atoms with E-state index in [2.05, 4.69) is 35.0 Å². The lowest BCUT2D eigenvalue weighted by atomic mass is 10.0. The van der Waals surface area contributed by atoms with Crippen molar-refractivity contribution < 1.29 is 4.74 Å². The van der Waals surface area contributed by atoms with Crippen LogP contribution in [-0.2, 0) is 4.74 Å². The summed E-state index contributed by atoms with van der Waals surface area (Å²) in [4.78, 5) is 2.12. The molecule has 0 unspecified atom stereocenters. The summed E-state index contributed by atoms with van der Waals surface area (Å²) in [5, 5.41) is 17.7. The van der Waals surface area contributed by atoms with Crippen LogP contribution in [0.4, 0.5) is 5.82 Å². The van der Waals surface area contributed by atoms with E-state index in [0.29, 0.717) is 24.6 Å². The molecule has 0 aliphatic carbocycles. The molecule has 2 rings (SSSR count). The Kier molecular flexibility index (Phi) is 3.22. The van der Waals surface area contributed by atoms with Gasteiger partial charge in [0.25, 0.3) is 0 Å². The zero-order valence-corrected chi connectivity index (χ0v) is 11.3. The van der Waals surface area contributed by atoms with Crippen molar-refractivity contribution in [1.29, 1.82) is 5.26 Å². The highest BCUT2D eigenvalue weighted by molar-refractivity contribution is 5.59. The normalized spacial score (nSPS) is 18.5. The molecule has 1 aromatic rings. The van der Waals surface area contributed by atoms with Crippen molar-refractivity contribution in [3.05, 3.63) is 16.8 Å². The Hall–Kier alpha value is -1.67. The van der Waals surface area contributed by atoms with E-state index in [0.717, 1.165) is 17.8 Å². The maximum absolute atomic E-state index is 9.35. The fourth-order valence-corrected chi connectivity index (χ4v) is 2.17. The van der Waals surface area contributed by atoms with E-state index in [1.807, 2.05) is 13.8 Å². The number of hydrogen-bond donors (Lipinski definition) is 0. The average Bonchev–Trinajstić information content (AvgIpc) is 2.32. The Morgan fingerprint density at radius 1 is 1.33 bits per heavy atom. The van der Waals surface area contributed by atoms with Crippen molar-refractivity contribution in [2.24, 2.45) is 0 Å². The zero-order chi connectivity index (χ0) is 13.3. The van der Waals surface area contributed by atoms with E-state index >= 15 is 0 Å². The minimum atomic E-state index is -0.166. The molecule has 0 radical (unpaired) electrons.